The van der Waals surface area contributed by atoms with Crippen LogP contribution in [0.25, 0.3) is 20.9 Å². The molecule has 2 N–H and O–H groups in total. The van der Waals surface area contributed by atoms with Gasteiger partial charge in [0.1, 0.15) is 4.83 Å². The zero-order valence-corrected chi connectivity index (χ0v) is 19.0. The third kappa shape index (κ3) is 4.16. The highest BCUT2D eigenvalue weighted by molar-refractivity contribution is 7.99. The van der Waals surface area contributed by atoms with Gasteiger partial charge in [-0.3, -0.25) is 9.36 Å². The highest BCUT2D eigenvalue weighted by atomic mass is 32.2. The molecule has 1 aliphatic carbocycles. The van der Waals surface area contributed by atoms with Gasteiger partial charge in [-0.1, -0.05) is 31.0 Å². The molecule has 164 valence electrons. The van der Waals surface area contributed by atoms with Crippen molar-refractivity contribution in [3.8, 4) is 10.7 Å². The second kappa shape index (κ2) is 9.13. The lowest BCUT2D eigenvalue weighted by Crippen LogP contribution is -2.41. The van der Waals surface area contributed by atoms with E-state index in [1.54, 1.807) is 17.5 Å². The number of nitrogens with two attached hydrogens (primary N) is 1. The molecule has 0 bridgehead atoms. The average molecular weight is 459 g/mol. The summed E-state index contributed by atoms with van der Waals surface area (Å²) in [5, 5.41) is 10.8. The fourth-order valence-electron chi connectivity index (χ4n) is 4.35. The number of ether oxygens (including phenoxy) is 1. The van der Waals surface area contributed by atoms with E-state index in [1.165, 1.54) is 31.0 Å². The fraction of sp³-hybridized carbons (Fsp3) is 0.524. The Bertz CT molecular complexity index is 1070. The van der Waals surface area contributed by atoms with Crippen molar-refractivity contribution < 1.29 is 9.53 Å². The largest absolute Gasteiger partial charge is 0.397 e. The Balaban J connectivity index is 1.46. The Labute approximate surface area is 189 Å². The lowest BCUT2D eigenvalue weighted by molar-refractivity contribution is -0.132. The number of pyridine rings is 1. The molecule has 0 aromatic carbocycles. The molecule has 0 spiro atoms. The van der Waals surface area contributed by atoms with E-state index in [1.807, 2.05) is 17.0 Å². The summed E-state index contributed by atoms with van der Waals surface area (Å²) in [6.07, 6.45) is 7.64. The number of nitrogen functional groups attached to an aromatic ring is 1. The van der Waals surface area contributed by atoms with Gasteiger partial charge >= 0.3 is 0 Å². The van der Waals surface area contributed by atoms with Crippen LogP contribution < -0.4 is 5.73 Å². The molecule has 2 aliphatic rings. The van der Waals surface area contributed by atoms with Gasteiger partial charge in [-0.25, -0.2) is 4.98 Å². The Hall–Kier alpha value is -2.17. The number of carbonyl (C=O) groups is 1. The molecule has 0 atom stereocenters. The molecule has 10 heteroatoms. The first-order valence-corrected chi connectivity index (χ1v) is 12.6. The van der Waals surface area contributed by atoms with E-state index in [9.17, 15) is 4.79 Å². The van der Waals surface area contributed by atoms with Crippen molar-refractivity contribution in [1.29, 1.82) is 0 Å². The standard InChI is InChI=1S/C21H26N6O2S2/c22-17-15-7-4-8-23-20(15)31-18(17)19-24-25-21(27(19)14-5-2-1-3-6-14)30-13-16(28)26-9-11-29-12-10-26/h4,7-8,14H,1-3,5-6,9-13,22H2. The van der Waals surface area contributed by atoms with Crippen LogP contribution in [0.2, 0.25) is 0 Å². The molecule has 3 aromatic heterocycles. The van der Waals surface area contributed by atoms with Crippen molar-refractivity contribution in [3.63, 3.8) is 0 Å². The van der Waals surface area contributed by atoms with Crippen molar-refractivity contribution in [2.24, 2.45) is 0 Å². The number of nitrogens with zero attached hydrogens (tertiary/aromatic N) is 5. The molecular weight excluding hydrogens is 432 g/mol. The first kappa shape index (κ1) is 20.7. The zero-order chi connectivity index (χ0) is 21.2. The zero-order valence-electron chi connectivity index (χ0n) is 17.3. The number of hydrogen-bond acceptors (Lipinski definition) is 8. The quantitative estimate of drug-likeness (QED) is 0.583. The molecule has 0 radical (unpaired) electrons. The normalized spacial score (nSPS) is 18.0. The third-order valence-corrected chi connectivity index (χ3v) is 8.05. The number of aromatic nitrogens is 4. The van der Waals surface area contributed by atoms with E-state index in [2.05, 4.69) is 19.7 Å². The van der Waals surface area contributed by atoms with Gasteiger partial charge < -0.3 is 15.4 Å². The van der Waals surface area contributed by atoms with Crippen LogP contribution in [0.4, 0.5) is 5.69 Å². The van der Waals surface area contributed by atoms with E-state index >= 15 is 0 Å². The van der Waals surface area contributed by atoms with E-state index in [0.29, 0.717) is 43.8 Å². The van der Waals surface area contributed by atoms with Crippen LogP contribution in [-0.2, 0) is 9.53 Å². The van der Waals surface area contributed by atoms with E-state index in [0.717, 1.165) is 38.9 Å². The highest BCUT2D eigenvalue weighted by Crippen LogP contribution is 2.42. The number of carbonyl (C=O) groups excluding carboxylic acids is 1. The second-order valence-corrected chi connectivity index (χ2v) is 9.89. The van der Waals surface area contributed by atoms with Crippen LogP contribution in [0.3, 0.4) is 0 Å². The number of anilines is 1. The maximum Gasteiger partial charge on any atom is 0.233 e. The Morgan fingerprint density at radius 3 is 2.81 bits per heavy atom. The minimum absolute atomic E-state index is 0.124. The van der Waals surface area contributed by atoms with Gasteiger partial charge in [-0.15, -0.1) is 21.5 Å². The van der Waals surface area contributed by atoms with Crippen molar-refractivity contribution in [3.05, 3.63) is 18.3 Å². The first-order valence-electron chi connectivity index (χ1n) is 10.8. The monoisotopic (exact) mass is 458 g/mol. The number of hydrogen-bond donors (Lipinski definition) is 1. The van der Waals surface area contributed by atoms with Crippen molar-refractivity contribution in [2.75, 3.05) is 37.8 Å². The number of amides is 1. The molecule has 3 aromatic rings. The lowest BCUT2D eigenvalue weighted by atomic mass is 9.95. The lowest BCUT2D eigenvalue weighted by Gasteiger charge is -2.27. The minimum atomic E-state index is 0.124. The molecule has 0 unspecified atom stereocenters. The van der Waals surface area contributed by atoms with Gasteiger partial charge in [0.05, 0.1) is 29.5 Å². The summed E-state index contributed by atoms with van der Waals surface area (Å²) in [6, 6.07) is 4.23. The molecule has 4 heterocycles. The van der Waals surface area contributed by atoms with Gasteiger partial charge in [0.2, 0.25) is 5.91 Å². The molecule has 1 amide bonds. The van der Waals surface area contributed by atoms with Crippen molar-refractivity contribution >= 4 is 44.9 Å². The van der Waals surface area contributed by atoms with Gasteiger partial charge in [0.15, 0.2) is 11.0 Å². The Morgan fingerprint density at radius 2 is 2.03 bits per heavy atom. The smallest absolute Gasteiger partial charge is 0.233 e. The summed E-state index contributed by atoms with van der Waals surface area (Å²) in [4.78, 5) is 20.8. The van der Waals surface area contributed by atoms with E-state index < -0.39 is 0 Å². The minimum Gasteiger partial charge on any atom is -0.397 e. The summed E-state index contributed by atoms with van der Waals surface area (Å²) in [5.41, 5.74) is 7.22. The Kier molecular flexibility index (Phi) is 6.10. The summed E-state index contributed by atoms with van der Waals surface area (Å²) < 4.78 is 7.59. The SMILES string of the molecule is Nc1c(-c2nnc(SCC(=O)N3CCOCC3)n2C2CCCCC2)sc2ncccc12. The van der Waals surface area contributed by atoms with Gasteiger partial charge in [-0.05, 0) is 25.0 Å². The molecular formula is C21H26N6O2S2. The summed E-state index contributed by atoms with van der Waals surface area (Å²) in [7, 11) is 0. The van der Waals surface area contributed by atoms with E-state index in [4.69, 9.17) is 10.5 Å². The van der Waals surface area contributed by atoms with Crippen LogP contribution in [-0.4, -0.2) is 62.6 Å². The molecule has 1 aliphatic heterocycles. The van der Waals surface area contributed by atoms with Crippen LogP contribution in [0.15, 0.2) is 23.5 Å². The van der Waals surface area contributed by atoms with E-state index in [-0.39, 0.29) is 5.91 Å². The predicted molar refractivity (Wildman–Crippen MR) is 123 cm³/mol. The highest BCUT2D eigenvalue weighted by Gasteiger charge is 2.27. The van der Waals surface area contributed by atoms with Crippen LogP contribution >= 0.6 is 23.1 Å². The molecule has 31 heavy (non-hydrogen) atoms. The Morgan fingerprint density at radius 1 is 1.23 bits per heavy atom. The summed E-state index contributed by atoms with van der Waals surface area (Å²) >= 11 is 3.03. The molecule has 2 fully saturated rings. The average Bonchev–Trinajstić information content (AvgIpc) is 3.39. The van der Waals surface area contributed by atoms with Gasteiger partial charge in [0.25, 0.3) is 0 Å². The first-order chi connectivity index (χ1) is 15.2. The van der Waals surface area contributed by atoms with Crippen molar-refractivity contribution in [2.45, 2.75) is 43.3 Å². The summed E-state index contributed by atoms with van der Waals surface area (Å²) in [6.45, 7) is 2.53. The molecule has 1 saturated heterocycles. The van der Waals surface area contributed by atoms with Gasteiger partial charge in [0, 0.05) is 30.7 Å². The van der Waals surface area contributed by atoms with Gasteiger partial charge in [-0.2, -0.15) is 0 Å². The topological polar surface area (TPSA) is 99.2 Å². The number of thiophene rings is 1. The maximum atomic E-state index is 12.7. The molecule has 8 nitrogen and oxygen atoms in total. The summed E-state index contributed by atoms with van der Waals surface area (Å²) in [5.74, 6) is 1.28. The van der Waals surface area contributed by atoms with Crippen molar-refractivity contribution in [1.82, 2.24) is 24.6 Å². The molecule has 1 saturated carbocycles. The number of fused-ring (bicyclic) bond motifs is 1. The number of thioether (sulfide) groups is 1. The number of morpholine rings is 1. The maximum absolute atomic E-state index is 12.7. The number of rotatable bonds is 5. The fourth-order valence-corrected chi connectivity index (χ4v) is 6.30. The third-order valence-electron chi connectivity index (χ3n) is 6.00. The van der Waals surface area contributed by atoms with Crippen LogP contribution in [0.5, 0.6) is 0 Å². The predicted octanol–water partition coefficient (Wildman–Crippen LogP) is 3.59. The van der Waals surface area contributed by atoms with Crippen LogP contribution in [0.1, 0.15) is 38.1 Å². The second-order valence-electron chi connectivity index (χ2n) is 7.95. The van der Waals surface area contributed by atoms with Crippen LogP contribution in [0, 0.1) is 0 Å². The molecule has 5 rings (SSSR count).